The summed E-state index contributed by atoms with van der Waals surface area (Å²) in [6.07, 6.45) is 7.52. The molecule has 71 heavy (non-hydrogen) atoms. The Kier molecular flexibility index (Phi) is 15.9. The maximum absolute atomic E-state index is 13.4. The molecular formula is C66H70N2O3. The summed E-state index contributed by atoms with van der Waals surface area (Å²) in [4.78, 5) is 18.0. The molecule has 5 nitrogen and oxygen atoms in total. The van der Waals surface area contributed by atoms with Crippen LogP contribution in [0.15, 0.2) is 194 Å². The molecule has 0 saturated heterocycles. The van der Waals surface area contributed by atoms with Gasteiger partial charge in [0.05, 0.1) is 0 Å². The number of hydrogen-bond acceptors (Lipinski definition) is 5. The zero-order chi connectivity index (χ0) is 50.0. The van der Waals surface area contributed by atoms with Gasteiger partial charge in [-0.15, -0.1) is 0 Å². The summed E-state index contributed by atoms with van der Waals surface area (Å²) in [7, 11) is 0. The molecule has 0 unspecified atom stereocenters. The second-order valence-corrected chi connectivity index (χ2v) is 19.9. The molecule has 0 bridgehead atoms. The Hall–Kier alpha value is -7.37. The van der Waals surface area contributed by atoms with Crippen LogP contribution in [0.1, 0.15) is 120 Å². The van der Waals surface area contributed by atoms with Crippen molar-refractivity contribution in [3.8, 4) is 28.4 Å². The minimum absolute atomic E-state index is 0.00314. The Morgan fingerprint density at radius 2 is 0.761 bits per heavy atom. The topological polar surface area (TPSA) is 42.0 Å². The maximum atomic E-state index is 13.4. The molecule has 8 aromatic rings. The summed E-state index contributed by atoms with van der Waals surface area (Å²) in [6.45, 7) is 17.7. The van der Waals surface area contributed by atoms with Gasteiger partial charge in [-0.2, -0.15) is 0 Å². The van der Waals surface area contributed by atoms with E-state index in [2.05, 4.69) is 211 Å². The largest absolute Gasteiger partial charge is 0.488 e. The molecule has 5 heteroatoms. The van der Waals surface area contributed by atoms with E-state index < -0.39 is 0 Å². The summed E-state index contributed by atoms with van der Waals surface area (Å²) in [5, 5.41) is 0. The molecule has 0 heterocycles. The number of unbranched alkanes of at least 4 members (excludes halogenated alkanes) is 1. The second-order valence-electron chi connectivity index (χ2n) is 19.9. The van der Waals surface area contributed by atoms with Crippen molar-refractivity contribution in [2.75, 3.05) is 9.80 Å². The van der Waals surface area contributed by atoms with Crippen LogP contribution in [0.25, 0.3) is 11.1 Å². The van der Waals surface area contributed by atoms with Gasteiger partial charge in [-0.1, -0.05) is 134 Å². The van der Waals surface area contributed by atoms with Gasteiger partial charge in [0.1, 0.15) is 22.8 Å². The van der Waals surface area contributed by atoms with E-state index in [1.54, 1.807) is 0 Å². The average molecular weight is 939 g/mol. The van der Waals surface area contributed by atoms with Crippen LogP contribution in [-0.4, -0.2) is 11.4 Å². The Morgan fingerprint density at radius 3 is 1.14 bits per heavy atom. The normalized spacial score (nSPS) is 11.5. The molecule has 8 aromatic carbocycles. The molecule has 0 aromatic heterocycles. The lowest BCUT2D eigenvalue weighted by atomic mass is 9.80. The van der Waals surface area contributed by atoms with E-state index >= 15 is 0 Å². The van der Waals surface area contributed by atoms with Crippen molar-refractivity contribution in [3.63, 3.8) is 0 Å². The SMILES string of the molecule is CCCCC(C)(C)c1ccc(C(=O)c2ccc(Oc3ccc(N(c4ccc(CC)cc4)c4ccc(-c5ccc(N(c6ccc(CC)cc6)c6ccc(OC(C)(C)CCC)cc6)cc5)cc4)cc3)cc2)cc1. The van der Waals surface area contributed by atoms with Crippen LogP contribution in [0.5, 0.6) is 17.2 Å². The second kappa shape index (κ2) is 22.6. The first kappa shape index (κ1) is 50.0. The first-order chi connectivity index (χ1) is 34.4. The molecule has 0 saturated carbocycles. The zero-order valence-electron chi connectivity index (χ0n) is 43.0. The number of ether oxygens (including phenoxy) is 2. The third kappa shape index (κ3) is 12.3. The summed E-state index contributed by atoms with van der Waals surface area (Å²) in [6, 6.07) is 67.5. The third-order valence-corrected chi connectivity index (χ3v) is 13.7. The molecule has 0 aliphatic carbocycles. The number of carbonyl (C=O) groups excluding carboxylic acids is 1. The number of anilines is 6. The lowest BCUT2D eigenvalue weighted by Crippen LogP contribution is -2.27. The van der Waals surface area contributed by atoms with Crippen molar-refractivity contribution in [2.24, 2.45) is 0 Å². The van der Waals surface area contributed by atoms with Gasteiger partial charge in [0.25, 0.3) is 0 Å². The Labute approximate surface area is 423 Å². The van der Waals surface area contributed by atoms with E-state index in [0.717, 1.165) is 83.1 Å². The Balaban J connectivity index is 0.989. The molecule has 0 fully saturated rings. The molecule has 8 rings (SSSR count). The Morgan fingerprint density at radius 1 is 0.408 bits per heavy atom. The van der Waals surface area contributed by atoms with E-state index in [9.17, 15) is 4.79 Å². The van der Waals surface area contributed by atoms with Crippen molar-refractivity contribution in [3.05, 3.63) is 222 Å². The van der Waals surface area contributed by atoms with Crippen LogP contribution in [0.3, 0.4) is 0 Å². The van der Waals surface area contributed by atoms with Crippen molar-refractivity contribution in [1.82, 2.24) is 0 Å². The summed E-state index contributed by atoms with van der Waals surface area (Å²) < 4.78 is 12.7. The van der Waals surface area contributed by atoms with Crippen LogP contribution >= 0.6 is 0 Å². The van der Waals surface area contributed by atoms with E-state index in [1.807, 2.05) is 48.5 Å². The third-order valence-electron chi connectivity index (χ3n) is 13.7. The standard InChI is InChI=1S/C66H70N2O3/c1-9-13-47-65(5,6)54-26-18-52(19-27-54)64(69)53-24-40-61(41-25-53)70-62-42-36-59(37-43-62)67(55-28-14-48(11-3)15-29-55)57-32-20-50(21-33-57)51-22-34-58(35-23-51)68(56-30-16-49(12-4)17-31-56)60-38-44-63(45-39-60)71-66(7,8)46-10-2/h14-45H,9-13,46-47H2,1-8H3. The number of aryl methyl sites for hydroxylation is 2. The average Bonchev–Trinajstić information content (AvgIpc) is 3.40. The highest BCUT2D eigenvalue weighted by Gasteiger charge is 2.22. The number of ketones is 1. The zero-order valence-corrected chi connectivity index (χ0v) is 43.0. The van der Waals surface area contributed by atoms with Gasteiger partial charge in [0.15, 0.2) is 5.78 Å². The van der Waals surface area contributed by atoms with Crippen molar-refractivity contribution in [2.45, 2.75) is 111 Å². The van der Waals surface area contributed by atoms with E-state index in [-0.39, 0.29) is 16.8 Å². The lowest BCUT2D eigenvalue weighted by Gasteiger charge is -2.28. The molecule has 0 radical (unpaired) electrons. The Bertz CT molecular complexity index is 2940. The monoisotopic (exact) mass is 939 g/mol. The first-order valence-corrected chi connectivity index (χ1v) is 25.7. The van der Waals surface area contributed by atoms with Gasteiger partial charge in [-0.25, -0.2) is 0 Å². The molecule has 0 aliphatic heterocycles. The summed E-state index contributed by atoms with van der Waals surface area (Å²) in [5.74, 6) is 2.26. The van der Waals surface area contributed by atoms with Crippen LogP contribution < -0.4 is 19.3 Å². The van der Waals surface area contributed by atoms with Gasteiger partial charge in [-0.05, 0) is 194 Å². The minimum Gasteiger partial charge on any atom is -0.488 e. The van der Waals surface area contributed by atoms with Crippen LogP contribution in [-0.2, 0) is 18.3 Å². The minimum atomic E-state index is -0.222. The summed E-state index contributed by atoms with van der Waals surface area (Å²) in [5.41, 5.74) is 13.7. The number of benzene rings is 8. The predicted octanol–water partition coefficient (Wildman–Crippen LogP) is 18.9. The van der Waals surface area contributed by atoms with E-state index in [0.29, 0.717) is 22.6 Å². The van der Waals surface area contributed by atoms with Gasteiger partial charge in [-0.3, -0.25) is 4.79 Å². The lowest BCUT2D eigenvalue weighted by molar-refractivity contribution is 0.0985. The molecule has 0 atom stereocenters. The van der Waals surface area contributed by atoms with Crippen molar-refractivity contribution >= 4 is 39.9 Å². The number of carbonyl (C=O) groups is 1. The predicted molar refractivity (Wildman–Crippen MR) is 299 cm³/mol. The maximum Gasteiger partial charge on any atom is 0.193 e. The first-order valence-electron chi connectivity index (χ1n) is 25.7. The molecule has 0 aliphatic rings. The fourth-order valence-electron chi connectivity index (χ4n) is 9.37. The van der Waals surface area contributed by atoms with Gasteiger partial charge in [0.2, 0.25) is 0 Å². The smallest absolute Gasteiger partial charge is 0.193 e. The molecule has 0 spiro atoms. The van der Waals surface area contributed by atoms with Crippen LogP contribution in [0.4, 0.5) is 34.1 Å². The molecule has 362 valence electrons. The molecule has 0 N–H and O–H groups in total. The highest BCUT2D eigenvalue weighted by Crippen LogP contribution is 2.40. The van der Waals surface area contributed by atoms with Crippen molar-refractivity contribution in [1.29, 1.82) is 0 Å². The summed E-state index contributed by atoms with van der Waals surface area (Å²) >= 11 is 0. The van der Waals surface area contributed by atoms with Crippen LogP contribution in [0, 0.1) is 0 Å². The fourth-order valence-corrected chi connectivity index (χ4v) is 9.37. The molecular weight excluding hydrogens is 869 g/mol. The number of rotatable bonds is 21. The molecule has 0 amide bonds. The number of hydrogen-bond donors (Lipinski definition) is 0. The van der Waals surface area contributed by atoms with Crippen LogP contribution in [0.2, 0.25) is 0 Å². The van der Waals surface area contributed by atoms with Gasteiger partial charge < -0.3 is 19.3 Å². The van der Waals surface area contributed by atoms with E-state index in [1.165, 1.54) is 29.5 Å². The van der Waals surface area contributed by atoms with Crippen molar-refractivity contribution < 1.29 is 14.3 Å². The van der Waals surface area contributed by atoms with E-state index in [4.69, 9.17) is 9.47 Å². The van der Waals surface area contributed by atoms with Gasteiger partial charge >= 0.3 is 0 Å². The highest BCUT2D eigenvalue weighted by atomic mass is 16.5. The highest BCUT2D eigenvalue weighted by molar-refractivity contribution is 6.09. The van der Waals surface area contributed by atoms with Gasteiger partial charge in [0, 0.05) is 45.3 Å². The number of nitrogens with zero attached hydrogens (tertiary/aromatic N) is 2. The fraction of sp³-hybridized carbons (Fsp3) is 0.258. The quantitative estimate of drug-likeness (QED) is 0.0672.